The average molecular weight is 1150 g/mol. The third kappa shape index (κ3) is 67.7. The Balaban J connectivity index is 4.41. The van der Waals surface area contributed by atoms with Crippen molar-refractivity contribution >= 4 is 17.9 Å². The molecule has 6 heteroatoms. The first-order chi connectivity index (χ1) is 41.0. The molecule has 6 nitrogen and oxygen atoms in total. The van der Waals surface area contributed by atoms with Gasteiger partial charge in [0, 0.05) is 19.3 Å². The van der Waals surface area contributed by atoms with Gasteiger partial charge < -0.3 is 14.2 Å². The van der Waals surface area contributed by atoms with Crippen molar-refractivity contribution in [3.8, 4) is 0 Å². The minimum Gasteiger partial charge on any atom is -0.462 e. The summed E-state index contributed by atoms with van der Waals surface area (Å²) in [6.07, 6.45) is 101. The van der Waals surface area contributed by atoms with E-state index >= 15 is 0 Å². The van der Waals surface area contributed by atoms with Gasteiger partial charge in [0.15, 0.2) is 6.10 Å². The van der Waals surface area contributed by atoms with E-state index in [9.17, 15) is 14.4 Å². The second-order valence-corrected chi connectivity index (χ2v) is 22.0. The first-order valence-corrected chi connectivity index (χ1v) is 34.0. The van der Waals surface area contributed by atoms with Gasteiger partial charge in [0.1, 0.15) is 13.2 Å². The number of esters is 3. The molecule has 0 spiro atoms. The van der Waals surface area contributed by atoms with Crippen LogP contribution in [0.1, 0.15) is 290 Å². The first kappa shape index (κ1) is 78.0. The number of carbonyl (C=O) groups is 3. The molecule has 0 radical (unpaired) electrons. The number of unbranched alkanes of at least 4 members (excludes halogenated alkanes) is 23. The van der Waals surface area contributed by atoms with Crippen LogP contribution in [0.2, 0.25) is 0 Å². The Bertz CT molecular complexity index is 1840. The van der Waals surface area contributed by atoms with Gasteiger partial charge in [-0.05, 0) is 128 Å². The van der Waals surface area contributed by atoms with E-state index in [1.807, 2.05) is 0 Å². The van der Waals surface area contributed by atoms with E-state index in [-0.39, 0.29) is 31.1 Å². The van der Waals surface area contributed by atoms with Gasteiger partial charge in [0.05, 0.1) is 0 Å². The molecule has 0 amide bonds. The Kier molecular flexibility index (Phi) is 65.4. The van der Waals surface area contributed by atoms with E-state index in [4.69, 9.17) is 14.2 Å². The van der Waals surface area contributed by atoms with Crippen molar-refractivity contribution in [1.29, 1.82) is 0 Å². The highest BCUT2D eigenvalue weighted by Crippen LogP contribution is 2.16. The van der Waals surface area contributed by atoms with E-state index in [2.05, 4.69) is 179 Å². The topological polar surface area (TPSA) is 78.9 Å². The Hall–Kier alpha value is -4.97. The molecule has 0 rings (SSSR count). The molecule has 0 aliphatic rings. The van der Waals surface area contributed by atoms with Gasteiger partial charge >= 0.3 is 17.9 Å². The van der Waals surface area contributed by atoms with E-state index in [1.54, 1.807) is 0 Å². The fraction of sp³-hybridized carbons (Fsp3) is 0.623. The highest BCUT2D eigenvalue weighted by atomic mass is 16.6. The Morgan fingerprint density at radius 1 is 0.253 bits per heavy atom. The smallest absolute Gasteiger partial charge is 0.306 e. The molecular weight excluding hydrogens is 1020 g/mol. The predicted octanol–water partition coefficient (Wildman–Crippen LogP) is 23.7. The SMILES string of the molecule is CC/C=C\C/C=C\C/C=C\C/C=C\C/C=C\C/C=C\C/C=C\C/C=C\C/C=C\CCCCCC(=O)OCC(COC(=O)CCCCCCCCCCCCCCC)OC(=O)CCCCCCCCCC/C=C\C/C=C\C/C=C\C/C=C\CC. The molecule has 0 saturated carbocycles. The zero-order valence-electron chi connectivity index (χ0n) is 53.7. The molecule has 0 saturated heterocycles. The third-order valence-electron chi connectivity index (χ3n) is 14.0. The molecule has 0 aliphatic heterocycles. The second-order valence-electron chi connectivity index (χ2n) is 22.0. The highest BCUT2D eigenvalue weighted by molar-refractivity contribution is 5.71. The summed E-state index contributed by atoms with van der Waals surface area (Å²) in [5, 5.41) is 0. The second kappa shape index (κ2) is 69.5. The van der Waals surface area contributed by atoms with Crippen molar-refractivity contribution in [1.82, 2.24) is 0 Å². The van der Waals surface area contributed by atoms with Crippen LogP contribution in [-0.2, 0) is 28.6 Å². The van der Waals surface area contributed by atoms with Gasteiger partial charge in [-0.15, -0.1) is 0 Å². The van der Waals surface area contributed by atoms with Crippen molar-refractivity contribution in [2.45, 2.75) is 297 Å². The number of allylic oxidation sites excluding steroid dienone is 26. The van der Waals surface area contributed by atoms with Gasteiger partial charge in [-0.25, -0.2) is 0 Å². The number of rotatable bonds is 60. The largest absolute Gasteiger partial charge is 0.462 e. The standard InChI is InChI=1S/C77H124O6/c1-4-7-10-13-16-19-22-25-27-29-31-33-34-35-36-37-38-39-40-41-42-44-45-47-49-52-55-58-61-64-67-70-76(79)82-73-74(72-81-75(78)69-66-63-60-57-54-51-24-21-18-15-12-9-6-3)83-77(80)71-68-65-62-59-56-53-50-48-46-43-32-30-28-26-23-20-17-14-11-8-5-2/h7-8,10-11,16-17,19-20,25-28,31-33,35-36,38-39,41-43,45,47,52,55,74H,4-6,9,12-15,18,21-24,29-30,34,37,40,44,46,48-51,53-54,56-73H2,1-3H3/b10-7-,11-8-,19-16-,20-17-,27-25-,28-26-,33-31-,36-35-,39-38-,42-41-,43-32-,47-45-,55-52-. The van der Waals surface area contributed by atoms with Crippen molar-refractivity contribution in [3.05, 3.63) is 158 Å². The minimum absolute atomic E-state index is 0.0954. The fourth-order valence-electron chi connectivity index (χ4n) is 9.01. The van der Waals surface area contributed by atoms with Gasteiger partial charge in [0.2, 0.25) is 0 Å². The molecule has 83 heavy (non-hydrogen) atoms. The zero-order valence-corrected chi connectivity index (χ0v) is 53.7. The number of hydrogen-bond donors (Lipinski definition) is 0. The summed E-state index contributed by atoms with van der Waals surface area (Å²) in [4.78, 5) is 38.4. The molecule has 0 aromatic heterocycles. The molecule has 468 valence electrons. The summed E-state index contributed by atoms with van der Waals surface area (Å²) < 4.78 is 16.9. The minimum atomic E-state index is -0.803. The molecule has 0 heterocycles. The van der Waals surface area contributed by atoms with Crippen LogP contribution < -0.4 is 0 Å². The fourth-order valence-corrected chi connectivity index (χ4v) is 9.01. The molecule has 0 aliphatic carbocycles. The molecule has 0 aromatic rings. The lowest BCUT2D eigenvalue weighted by molar-refractivity contribution is -0.167. The van der Waals surface area contributed by atoms with Crippen LogP contribution in [0.4, 0.5) is 0 Å². The molecule has 0 aromatic carbocycles. The molecule has 1 unspecified atom stereocenters. The van der Waals surface area contributed by atoms with Crippen LogP contribution in [0.3, 0.4) is 0 Å². The van der Waals surface area contributed by atoms with Crippen LogP contribution in [0.5, 0.6) is 0 Å². The lowest BCUT2D eigenvalue weighted by Gasteiger charge is -2.18. The Labute approximate surface area is 511 Å². The van der Waals surface area contributed by atoms with Crippen LogP contribution in [0.15, 0.2) is 158 Å². The van der Waals surface area contributed by atoms with Gasteiger partial charge in [-0.2, -0.15) is 0 Å². The quantitative estimate of drug-likeness (QED) is 0.0261. The predicted molar refractivity (Wildman–Crippen MR) is 362 cm³/mol. The van der Waals surface area contributed by atoms with Crippen molar-refractivity contribution in [2.24, 2.45) is 0 Å². The van der Waals surface area contributed by atoms with Crippen molar-refractivity contribution < 1.29 is 28.6 Å². The summed E-state index contributed by atoms with van der Waals surface area (Å²) in [5.74, 6) is -0.936. The van der Waals surface area contributed by atoms with Crippen LogP contribution in [0.25, 0.3) is 0 Å². The van der Waals surface area contributed by atoms with E-state index in [1.165, 1.54) is 96.3 Å². The van der Waals surface area contributed by atoms with E-state index in [0.717, 1.165) is 154 Å². The van der Waals surface area contributed by atoms with E-state index in [0.29, 0.717) is 19.3 Å². The first-order valence-electron chi connectivity index (χ1n) is 34.0. The summed E-state index contributed by atoms with van der Waals surface area (Å²) in [6.45, 7) is 6.39. The molecule has 0 fully saturated rings. The maximum absolute atomic E-state index is 12.9. The molecular formula is C77H124O6. The highest BCUT2D eigenvalue weighted by Gasteiger charge is 2.19. The monoisotopic (exact) mass is 1140 g/mol. The summed E-state index contributed by atoms with van der Waals surface area (Å²) >= 11 is 0. The number of carbonyl (C=O) groups excluding carboxylic acids is 3. The third-order valence-corrected chi connectivity index (χ3v) is 14.0. The average Bonchev–Trinajstić information content (AvgIpc) is 3.49. The van der Waals surface area contributed by atoms with Crippen LogP contribution in [-0.4, -0.2) is 37.2 Å². The molecule has 0 N–H and O–H groups in total. The number of ether oxygens (including phenoxy) is 3. The lowest BCUT2D eigenvalue weighted by atomic mass is 10.0. The summed E-state index contributed by atoms with van der Waals surface area (Å²) in [5.41, 5.74) is 0. The van der Waals surface area contributed by atoms with Gasteiger partial charge in [0.25, 0.3) is 0 Å². The summed E-state index contributed by atoms with van der Waals surface area (Å²) in [7, 11) is 0. The zero-order chi connectivity index (χ0) is 59.9. The lowest BCUT2D eigenvalue weighted by Crippen LogP contribution is -2.30. The maximum Gasteiger partial charge on any atom is 0.306 e. The normalized spacial score (nSPS) is 13.1. The van der Waals surface area contributed by atoms with Gasteiger partial charge in [-0.3, -0.25) is 14.4 Å². The van der Waals surface area contributed by atoms with Gasteiger partial charge in [-0.1, -0.05) is 301 Å². The van der Waals surface area contributed by atoms with Crippen molar-refractivity contribution in [3.63, 3.8) is 0 Å². The van der Waals surface area contributed by atoms with Crippen molar-refractivity contribution in [2.75, 3.05) is 13.2 Å². The number of hydrogen-bond acceptors (Lipinski definition) is 6. The summed E-state index contributed by atoms with van der Waals surface area (Å²) in [6, 6.07) is 0. The van der Waals surface area contributed by atoms with E-state index < -0.39 is 6.10 Å². The maximum atomic E-state index is 12.9. The Morgan fingerprint density at radius 3 is 0.747 bits per heavy atom. The Morgan fingerprint density at radius 2 is 0.470 bits per heavy atom. The molecule has 0 bridgehead atoms. The van der Waals surface area contributed by atoms with Crippen LogP contribution in [0, 0.1) is 0 Å². The molecule has 1 atom stereocenters. The van der Waals surface area contributed by atoms with Crippen LogP contribution >= 0.6 is 0 Å².